The van der Waals surface area contributed by atoms with Crippen LogP contribution in [0.25, 0.3) is 12.2 Å². The number of carbonyl (C=O) groups is 2. The number of hydrogen-bond acceptors (Lipinski definition) is 6. The van der Waals surface area contributed by atoms with Crippen LogP contribution in [0.2, 0.25) is 5.02 Å². The Hall–Kier alpha value is -2.90. The van der Waals surface area contributed by atoms with Gasteiger partial charge in [0.2, 0.25) is 5.90 Å². The first kappa shape index (κ1) is 20.8. The van der Waals surface area contributed by atoms with Crippen LogP contribution in [0.5, 0.6) is 11.5 Å². The van der Waals surface area contributed by atoms with E-state index in [1.807, 2.05) is 12.1 Å². The molecule has 0 radical (unpaired) electrons. The molecule has 148 valence electrons. The number of cyclic esters (lactones) is 1. The lowest BCUT2D eigenvalue weighted by molar-refractivity contribution is -0.132. The Bertz CT molecular complexity index is 1060. The zero-order chi connectivity index (χ0) is 21.0. The number of nitrogens with zero attached hydrogens (tertiary/aromatic N) is 1. The van der Waals surface area contributed by atoms with Gasteiger partial charge in [-0.15, -0.1) is 0 Å². The molecule has 0 saturated heterocycles. The summed E-state index contributed by atoms with van der Waals surface area (Å²) >= 11 is 9.20. The van der Waals surface area contributed by atoms with Gasteiger partial charge in [-0.05, 0) is 63.5 Å². The average molecular weight is 477 g/mol. The van der Waals surface area contributed by atoms with Crippen molar-refractivity contribution in [2.24, 2.45) is 4.99 Å². The summed E-state index contributed by atoms with van der Waals surface area (Å²) in [4.78, 5) is 27.6. The van der Waals surface area contributed by atoms with Crippen LogP contribution in [-0.4, -0.2) is 24.9 Å². The van der Waals surface area contributed by atoms with Crippen molar-refractivity contribution in [3.05, 3.63) is 68.8 Å². The summed E-state index contributed by atoms with van der Waals surface area (Å²) in [6.45, 7) is 1.30. The highest BCUT2D eigenvalue weighted by Crippen LogP contribution is 2.37. The van der Waals surface area contributed by atoms with Gasteiger partial charge in [0, 0.05) is 18.0 Å². The Morgan fingerprint density at radius 2 is 1.90 bits per heavy atom. The lowest BCUT2D eigenvalue weighted by atomic mass is 10.1. The third-order valence-electron chi connectivity index (χ3n) is 3.73. The lowest BCUT2D eigenvalue weighted by Crippen LogP contribution is -2.04. The fourth-order valence-corrected chi connectivity index (χ4v) is 3.13. The molecule has 29 heavy (non-hydrogen) atoms. The first-order chi connectivity index (χ1) is 13.9. The van der Waals surface area contributed by atoms with Crippen LogP contribution in [0, 0.1) is 0 Å². The van der Waals surface area contributed by atoms with Crippen LogP contribution in [0.1, 0.15) is 18.1 Å². The number of carbonyl (C=O) groups excluding carboxylic acids is 2. The summed E-state index contributed by atoms with van der Waals surface area (Å²) in [6, 6.07) is 10.5. The maximum atomic E-state index is 12.1. The molecule has 0 aromatic heterocycles. The van der Waals surface area contributed by atoms with Crippen molar-refractivity contribution >= 4 is 57.5 Å². The first-order valence-electron chi connectivity index (χ1n) is 8.38. The van der Waals surface area contributed by atoms with E-state index in [4.69, 9.17) is 25.8 Å². The van der Waals surface area contributed by atoms with Crippen LogP contribution in [0.3, 0.4) is 0 Å². The standard InChI is InChI=1S/C21H15BrClNO5/c1-12(25)28-20-16(22)9-14(11-18(20)27-2)10-17-21(26)29-19(24-17)8-5-13-3-6-15(23)7-4-13/h3-11H,1-2H3. The van der Waals surface area contributed by atoms with Crippen LogP contribution >= 0.6 is 27.5 Å². The summed E-state index contributed by atoms with van der Waals surface area (Å²) in [7, 11) is 1.45. The van der Waals surface area contributed by atoms with E-state index in [2.05, 4.69) is 20.9 Å². The van der Waals surface area contributed by atoms with E-state index in [1.54, 1.807) is 42.5 Å². The first-order valence-corrected chi connectivity index (χ1v) is 9.55. The predicted octanol–water partition coefficient (Wildman–Crippen LogP) is 5.05. The van der Waals surface area contributed by atoms with Crippen molar-refractivity contribution in [3.63, 3.8) is 0 Å². The van der Waals surface area contributed by atoms with Crippen molar-refractivity contribution in [2.45, 2.75) is 6.92 Å². The molecular weight excluding hydrogens is 462 g/mol. The number of rotatable bonds is 5. The number of aliphatic imine (C=N–C) groups is 1. The molecule has 1 aliphatic heterocycles. The van der Waals surface area contributed by atoms with Crippen LogP contribution in [0.4, 0.5) is 0 Å². The van der Waals surface area contributed by atoms with E-state index in [9.17, 15) is 9.59 Å². The molecule has 3 rings (SSSR count). The van der Waals surface area contributed by atoms with Gasteiger partial charge in [-0.3, -0.25) is 4.79 Å². The van der Waals surface area contributed by atoms with Gasteiger partial charge in [0.25, 0.3) is 0 Å². The highest BCUT2D eigenvalue weighted by molar-refractivity contribution is 9.10. The van der Waals surface area contributed by atoms with Crippen LogP contribution in [-0.2, 0) is 14.3 Å². The Labute approximate surface area is 180 Å². The Balaban J connectivity index is 1.86. The molecule has 6 nitrogen and oxygen atoms in total. The molecule has 0 amide bonds. The molecule has 8 heteroatoms. The minimum atomic E-state index is -0.570. The SMILES string of the molecule is COc1cc(C=C2N=C(C=Cc3ccc(Cl)cc3)OC2=O)cc(Br)c1OC(C)=O. The van der Waals surface area contributed by atoms with Gasteiger partial charge in [-0.2, -0.15) is 0 Å². The lowest BCUT2D eigenvalue weighted by Gasteiger charge is -2.11. The molecule has 0 aliphatic carbocycles. The fourth-order valence-electron chi connectivity index (χ4n) is 2.46. The summed E-state index contributed by atoms with van der Waals surface area (Å²) in [5.41, 5.74) is 1.64. The topological polar surface area (TPSA) is 74.2 Å². The molecule has 0 bridgehead atoms. The number of halogens is 2. The largest absolute Gasteiger partial charge is 0.493 e. The Morgan fingerprint density at radius 1 is 1.17 bits per heavy atom. The molecule has 1 aliphatic rings. The minimum absolute atomic E-state index is 0.134. The average Bonchev–Trinajstić information content (AvgIpc) is 3.02. The number of ether oxygens (including phenoxy) is 3. The molecule has 0 unspecified atom stereocenters. The van der Waals surface area contributed by atoms with Gasteiger partial charge in [-0.25, -0.2) is 9.79 Å². The second kappa shape index (κ2) is 9.07. The third kappa shape index (κ3) is 5.34. The number of methoxy groups -OCH3 is 1. The van der Waals surface area contributed by atoms with Crippen molar-refractivity contribution < 1.29 is 23.8 Å². The molecule has 0 saturated carbocycles. The van der Waals surface area contributed by atoms with E-state index >= 15 is 0 Å². The molecule has 0 fully saturated rings. The summed E-state index contributed by atoms with van der Waals surface area (Å²) in [6.07, 6.45) is 4.91. The van der Waals surface area contributed by atoms with Gasteiger partial charge >= 0.3 is 11.9 Å². The fraction of sp³-hybridized carbons (Fsp3) is 0.0952. The van der Waals surface area contributed by atoms with E-state index in [0.717, 1.165) is 5.56 Å². The summed E-state index contributed by atoms with van der Waals surface area (Å²) < 4.78 is 16.1. The highest BCUT2D eigenvalue weighted by Gasteiger charge is 2.22. The minimum Gasteiger partial charge on any atom is -0.493 e. The molecule has 0 N–H and O–H groups in total. The maximum absolute atomic E-state index is 12.1. The Morgan fingerprint density at radius 3 is 2.55 bits per heavy atom. The summed E-state index contributed by atoms with van der Waals surface area (Å²) in [5, 5.41) is 0.637. The quantitative estimate of drug-likeness (QED) is 0.343. The van der Waals surface area contributed by atoms with Gasteiger partial charge in [-0.1, -0.05) is 23.7 Å². The van der Waals surface area contributed by atoms with Crippen molar-refractivity contribution in [1.29, 1.82) is 0 Å². The zero-order valence-electron chi connectivity index (χ0n) is 15.4. The summed E-state index contributed by atoms with van der Waals surface area (Å²) in [5.74, 6) is -0.277. The molecule has 1 heterocycles. The van der Waals surface area contributed by atoms with Crippen LogP contribution < -0.4 is 9.47 Å². The van der Waals surface area contributed by atoms with Gasteiger partial charge in [0.05, 0.1) is 11.6 Å². The molecule has 2 aromatic carbocycles. The van der Waals surface area contributed by atoms with Crippen molar-refractivity contribution in [2.75, 3.05) is 7.11 Å². The van der Waals surface area contributed by atoms with Crippen molar-refractivity contribution in [3.8, 4) is 11.5 Å². The monoisotopic (exact) mass is 475 g/mol. The number of hydrogen-bond donors (Lipinski definition) is 0. The zero-order valence-corrected chi connectivity index (χ0v) is 17.8. The maximum Gasteiger partial charge on any atom is 0.363 e. The molecule has 2 aromatic rings. The van der Waals surface area contributed by atoms with Crippen LogP contribution in [0.15, 0.2) is 57.6 Å². The molecular formula is C21H15BrClNO5. The smallest absolute Gasteiger partial charge is 0.363 e. The highest BCUT2D eigenvalue weighted by atomic mass is 79.9. The predicted molar refractivity (Wildman–Crippen MR) is 114 cm³/mol. The van der Waals surface area contributed by atoms with E-state index in [0.29, 0.717) is 20.8 Å². The Kier molecular flexibility index (Phi) is 6.51. The van der Waals surface area contributed by atoms with Gasteiger partial charge in [0.1, 0.15) is 0 Å². The number of esters is 2. The van der Waals surface area contributed by atoms with Gasteiger partial charge in [0.15, 0.2) is 17.2 Å². The molecule has 0 atom stereocenters. The third-order valence-corrected chi connectivity index (χ3v) is 4.57. The normalized spacial score (nSPS) is 14.8. The van der Waals surface area contributed by atoms with E-state index < -0.39 is 11.9 Å². The van der Waals surface area contributed by atoms with Gasteiger partial charge < -0.3 is 14.2 Å². The van der Waals surface area contributed by atoms with Crippen molar-refractivity contribution in [1.82, 2.24) is 0 Å². The van der Waals surface area contributed by atoms with E-state index in [-0.39, 0.29) is 17.3 Å². The number of benzene rings is 2. The second-order valence-electron chi connectivity index (χ2n) is 5.88. The van der Waals surface area contributed by atoms with E-state index in [1.165, 1.54) is 14.0 Å². The molecule has 0 spiro atoms. The second-order valence-corrected chi connectivity index (χ2v) is 7.17.